The maximum Gasteiger partial charge on any atom is 0.255 e. The molecule has 5 heteroatoms. The number of aromatic nitrogens is 1. The number of aliphatic hydroxyl groups is 1. The van der Waals surface area contributed by atoms with Crippen molar-refractivity contribution in [3.63, 3.8) is 0 Å². The fourth-order valence-electron chi connectivity index (χ4n) is 3.14. The van der Waals surface area contributed by atoms with E-state index in [2.05, 4.69) is 15.2 Å². The maximum atomic E-state index is 12.4. The van der Waals surface area contributed by atoms with Crippen LogP contribution in [0.3, 0.4) is 0 Å². The molecule has 132 valence electrons. The summed E-state index contributed by atoms with van der Waals surface area (Å²) in [5.74, 6) is 0.338. The second kappa shape index (κ2) is 8.23. The highest BCUT2D eigenvalue weighted by Gasteiger charge is 2.18. The van der Waals surface area contributed by atoms with Crippen molar-refractivity contribution in [1.29, 1.82) is 0 Å². The van der Waals surface area contributed by atoms with Crippen molar-refractivity contribution < 1.29 is 9.90 Å². The predicted molar refractivity (Wildman–Crippen MR) is 98.5 cm³/mol. The van der Waals surface area contributed by atoms with Gasteiger partial charge in [0, 0.05) is 24.9 Å². The minimum atomic E-state index is -0.119. The van der Waals surface area contributed by atoms with E-state index in [1.165, 1.54) is 5.56 Å². The lowest BCUT2D eigenvalue weighted by Crippen LogP contribution is -2.34. The van der Waals surface area contributed by atoms with E-state index in [-0.39, 0.29) is 5.91 Å². The Morgan fingerprint density at radius 1 is 1.24 bits per heavy atom. The third-order valence-corrected chi connectivity index (χ3v) is 4.87. The number of carbonyl (C=O) groups is 1. The minimum Gasteiger partial charge on any atom is -0.396 e. The van der Waals surface area contributed by atoms with E-state index in [1.807, 2.05) is 37.3 Å². The molecule has 1 aromatic heterocycles. The molecule has 1 aromatic carbocycles. The van der Waals surface area contributed by atoms with Crippen molar-refractivity contribution in [2.24, 2.45) is 5.92 Å². The summed E-state index contributed by atoms with van der Waals surface area (Å²) in [6.45, 7) is 5.18. The summed E-state index contributed by atoms with van der Waals surface area (Å²) in [6, 6.07) is 9.65. The number of hydrogen-bond acceptors (Lipinski definition) is 4. The zero-order valence-corrected chi connectivity index (χ0v) is 14.6. The van der Waals surface area contributed by atoms with E-state index < -0.39 is 0 Å². The molecule has 5 nitrogen and oxygen atoms in total. The summed E-state index contributed by atoms with van der Waals surface area (Å²) in [7, 11) is 0. The van der Waals surface area contributed by atoms with Crippen LogP contribution in [0.4, 0.5) is 5.69 Å². The van der Waals surface area contributed by atoms with Crippen molar-refractivity contribution in [3.8, 4) is 0 Å². The zero-order chi connectivity index (χ0) is 17.6. The average Bonchev–Trinajstić information content (AvgIpc) is 2.65. The fraction of sp³-hybridized carbons (Fsp3) is 0.400. The Morgan fingerprint density at radius 2 is 1.96 bits per heavy atom. The molecule has 2 N–H and O–H groups in total. The van der Waals surface area contributed by atoms with Crippen LogP contribution in [-0.2, 0) is 6.54 Å². The van der Waals surface area contributed by atoms with Gasteiger partial charge in [-0.05, 0) is 68.1 Å². The van der Waals surface area contributed by atoms with Gasteiger partial charge in [0.2, 0.25) is 0 Å². The van der Waals surface area contributed by atoms with Gasteiger partial charge in [-0.25, -0.2) is 0 Å². The molecule has 25 heavy (non-hydrogen) atoms. The molecule has 2 aromatic rings. The molecule has 0 bridgehead atoms. The quantitative estimate of drug-likeness (QED) is 0.879. The monoisotopic (exact) mass is 339 g/mol. The van der Waals surface area contributed by atoms with Gasteiger partial charge in [-0.2, -0.15) is 0 Å². The van der Waals surface area contributed by atoms with Crippen LogP contribution >= 0.6 is 0 Å². The van der Waals surface area contributed by atoms with E-state index in [9.17, 15) is 9.90 Å². The molecular formula is C20H25N3O2. The molecule has 0 atom stereocenters. The van der Waals surface area contributed by atoms with E-state index in [4.69, 9.17) is 0 Å². The van der Waals surface area contributed by atoms with Crippen LogP contribution < -0.4 is 5.32 Å². The van der Waals surface area contributed by atoms with Crippen LogP contribution in [-0.4, -0.2) is 40.6 Å². The molecular weight excluding hydrogens is 314 g/mol. The van der Waals surface area contributed by atoms with Gasteiger partial charge in [0.05, 0.1) is 11.9 Å². The lowest BCUT2D eigenvalue weighted by molar-refractivity contribution is 0.102. The van der Waals surface area contributed by atoms with Gasteiger partial charge in [0.15, 0.2) is 0 Å². The van der Waals surface area contributed by atoms with Crippen LogP contribution in [0.2, 0.25) is 0 Å². The summed E-state index contributed by atoms with van der Waals surface area (Å²) in [5.41, 5.74) is 3.58. The number of carbonyl (C=O) groups excluding carboxylic acids is 1. The van der Waals surface area contributed by atoms with Crippen molar-refractivity contribution in [2.45, 2.75) is 26.3 Å². The number of hydrogen-bond donors (Lipinski definition) is 2. The van der Waals surface area contributed by atoms with Crippen LogP contribution in [0, 0.1) is 12.8 Å². The predicted octanol–water partition coefficient (Wildman–Crippen LogP) is 2.85. The zero-order valence-electron chi connectivity index (χ0n) is 14.6. The highest BCUT2D eigenvalue weighted by atomic mass is 16.3. The van der Waals surface area contributed by atoms with Crippen LogP contribution in [0.1, 0.15) is 34.3 Å². The molecule has 2 heterocycles. The standard InChI is InChI=1S/C20H25N3O2/c1-15-6-9-21-12-19(15)22-20(25)18-4-2-16(3-5-18)13-23-10-7-17(14-24)8-11-23/h2-6,9,12,17,24H,7-8,10-11,13-14H2,1H3,(H,22,25). The molecule has 1 aliphatic rings. The molecule has 0 spiro atoms. The van der Waals surface area contributed by atoms with Gasteiger partial charge in [0.25, 0.3) is 5.91 Å². The first kappa shape index (κ1) is 17.6. The summed E-state index contributed by atoms with van der Waals surface area (Å²) in [5, 5.41) is 12.1. The molecule has 0 aliphatic carbocycles. The molecule has 1 amide bonds. The lowest BCUT2D eigenvalue weighted by atomic mass is 9.97. The minimum absolute atomic E-state index is 0.119. The highest BCUT2D eigenvalue weighted by molar-refractivity contribution is 6.04. The number of aryl methyl sites for hydroxylation is 1. The van der Waals surface area contributed by atoms with Crippen molar-refractivity contribution >= 4 is 11.6 Å². The normalized spacial score (nSPS) is 15.9. The second-order valence-electron chi connectivity index (χ2n) is 6.74. The van der Waals surface area contributed by atoms with E-state index >= 15 is 0 Å². The first-order valence-electron chi connectivity index (χ1n) is 8.80. The number of anilines is 1. The fourth-order valence-corrected chi connectivity index (χ4v) is 3.14. The Bertz CT molecular complexity index is 707. The number of likely N-dealkylation sites (tertiary alicyclic amines) is 1. The number of nitrogens with zero attached hydrogens (tertiary/aromatic N) is 2. The molecule has 0 radical (unpaired) electrons. The van der Waals surface area contributed by atoms with Gasteiger partial charge in [-0.1, -0.05) is 12.1 Å². The number of pyridine rings is 1. The first-order chi connectivity index (χ1) is 12.2. The third kappa shape index (κ3) is 4.65. The molecule has 1 saturated heterocycles. The number of nitrogens with one attached hydrogen (secondary N) is 1. The maximum absolute atomic E-state index is 12.4. The Hall–Kier alpha value is -2.24. The second-order valence-corrected chi connectivity index (χ2v) is 6.74. The summed E-state index contributed by atoms with van der Waals surface area (Å²) in [6.07, 6.45) is 5.49. The number of aliphatic hydroxyl groups excluding tert-OH is 1. The van der Waals surface area contributed by atoms with E-state index in [0.29, 0.717) is 18.1 Å². The molecule has 1 aliphatic heterocycles. The van der Waals surface area contributed by atoms with Gasteiger partial charge in [-0.3, -0.25) is 14.7 Å². The SMILES string of the molecule is Cc1ccncc1NC(=O)c1ccc(CN2CCC(CO)CC2)cc1. The van der Waals surface area contributed by atoms with E-state index in [0.717, 1.165) is 43.7 Å². The Labute approximate surface area is 148 Å². The topological polar surface area (TPSA) is 65.5 Å². The average molecular weight is 339 g/mol. The van der Waals surface area contributed by atoms with Crippen LogP contribution in [0.25, 0.3) is 0 Å². The summed E-state index contributed by atoms with van der Waals surface area (Å²) in [4.78, 5) is 18.8. The molecule has 0 saturated carbocycles. The Morgan fingerprint density at radius 3 is 2.60 bits per heavy atom. The van der Waals surface area contributed by atoms with E-state index in [1.54, 1.807) is 12.4 Å². The number of rotatable bonds is 5. The molecule has 1 fully saturated rings. The van der Waals surface area contributed by atoms with Crippen LogP contribution in [0.15, 0.2) is 42.7 Å². The summed E-state index contributed by atoms with van der Waals surface area (Å²) >= 11 is 0. The van der Waals surface area contributed by atoms with Crippen LogP contribution in [0.5, 0.6) is 0 Å². The van der Waals surface area contributed by atoms with Gasteiger partial charge < -0.3 is 10.4 Å². The highest BCUT2D eigenvalue weighted by Crippen LogP contribution is 2.19. The van der Waals surface area contributed by atoms with Crippen molar-refractivity contribution in [2.75, 3.05) is 25.0 Å². The third-order valence-electron chi connectivity index (χ3n) is 4.87. The Balaban J connectivity index is 1.57. The molecule has 3 rings (SSSR count). The van der Waals surface area contributed by atoms with Gasteiger partial charge in [0.1, 0.15) is 0 Å². The first-order valence-corrected chi connectivity index (χ1v) is 8.80. The van der Waals surface area contributed by atoms with Crippen molar-refractivity contribution in [3.05, 3.63) is 59.4 Å². The van der Waals surface area contributed by atoms with Crippen molar-refractivity contribution in [1.82, 2.24) is 9.88 Å². The van der Waals surface area contributed by atoms with Gasteiger partial charge >= 0.3 is 0 Å². The number of piperidine rings is 1. The number of benzene rings is 1. The Kier molecular flexibility index (Phi) is 5.79. The van der Waals surface area contributed by atoms with Gasteiger partial charge in [-0.15, -0.1) is 0 Å². The smallest absolute Gasteiger partial charge is 0.255 e. The number of amides is 1. The lowest BCUT2D eigenvalue weighted by Gasteiger charge is -2.31. The largest absolute Gasteiger partial charge is 0.396 e. The molecule has 0 unspecified atom stereocenters. The summed E-state index contributed by atoms with van der Waals surface area (Å²) < 4.78 is 0.